The minimum atomic E-state index is -0.164. The summed E-state index contributed by atoms with van der Waals surface area (Å²) < 4.78 is 6.03. The fourth-order valence-corrected chi connectivity index (χ4v) is 1.99. The number of aryl methyl sites for hydroxylation is 1. The molecule has 8 heteroatoms. The number of nitrogens with two attached hydrogens (primary N) is 1. The molecule has 5 nitrogen and oxygen atoms in total. The summed E-state index contributed by atoms with van der Waals surface area (Å²) in [6, 6.07) is 0. The van der Waals surface area contributed by atoms with Crippen molar-refractivity contribution in [3.63, 3.8) is 0 Å². The van der Waals surface area contributed by atoms with Crippen molar-refractivity contribution >= 4 is 45.2 Å². The van der Waals surface area contributed by atoms with Crippen LogP contribution in [0.4, 0.5) is 0 Å². The lowest BCUT2D eigenvalue weighted by Gasteiger charge is -2.11. The molecule has 0 fully saturated rings. The van der Waals surface area contributed by atoms with Crippen LogP contribution in [0, 0.1) is 0 Å². The van der Waals surface area contributed by atoms with Crippen LogP contribution in [0.3, 0.4) is 0 Å². The Morgan fingerprint density at radius 3 is 2.38 bits per heavy atom. The predicted molar refractivity (Wildman–Crippen MR) is 94.4 cm³/mol. The van der Waals surface area contributed by atoms with Crippen LogP contribution in [0.1, 0.15) is 39.8 Å². The number of aliphatic hydroxyl groups excluding tert-OH is 1. The molecule has 0 aromatic carbocycles. The molecule has 1 aromatic rings. The molecule has 1 rings (SSSR count). The van der Waals surface area contributed by atoms with E-state index in [2.05, 4.69) is 41.7 Å². The number of thiazole rings is 1. The Balaban J connectivity index is 0. The maximum Gasteiger partial charge on any atom is 0.306 e. The van der Waals surface area contributed by atoms with Gasteiger partial charge in [0.25, 0.3) is 0 Å². The number of aromatic nitrogens is 1. The van der Waals surface area contributed by atoms with Crippen LogP contribution in [-0.4, -0.2) is 34.5 Å². The Labute approximate surface area is 143 Å². The molecule has 0 radical (unpaired) electrons. The van der Waals surface area contributed by atoms with Crippen LogP contribution in [0.15, 0.2) is 9.30 Å². The fourth-order valence-electron chi connectivity index (χ4n) is 0.871. The number of nitrogens with zero attached hydrogens (tertiary/aromatic N) is 1. The van der Waals surface area contributed by atoms with Gasteiger partial charge in [0.05, 0.1) is 28.0 Å². The second kappa shape index (κ2) is 13.5. The Bertz CT molecular complexity index is 382. The molecular formula is C13H25BrN2O3S2. The largest absolute Gasteiger partial charge is 0.466 e. The predicted octanol–water partition coefficient (Wildman–Crippen LogP) is 3.40. The third-order valence-corrected chi connectivity index (χ3v) is 4.20. The lowest BCUT2D eigenvalue weighted by molar-refractivity contribution is -0.143. The van der Waals surface area contributed by atoms with E-state index in [0.717, 1.165) is 16.6 Å². The third-order valence-electron chi connectivity index (χ3n) is 1.82. The summed E-state index contributed by atoms with van der Waals surface area (Å²) >= 11 is 6.26. The number of esters is 1. The smallest absolute Gasteiger partial charge is 0.306 e. The summed E-state index contributed by atoms with van der Waals surface area (Å²) in [5.41, 5.74) is 2.68. The van der Waals surface area contributed by atoms with Crippen LogP contribution in [0.5, 0.6) is 0 Å². The van der Waals surface area contributed by atoms with E-state index in [1.165, 1.54) is 23.3 Å². The molecule has 0 saturated heterocycles. The third kappa shape index (κ3) is 14.5. The van der Waals surface area contributed by atoms with E-state index >= 15 is 0 Å². The van der Waals surface area contributed by atoms with Crippen molar-refractivity contribution in [3.05, 3.63) is 15.0 Å². The monoisotopic (exact) mass is 400 g/mol. The van der Waals surface area contributed by atoms with E-state index in [9.17, 15) is 4.79 Å². The second-order valence-electron chi connectivity index (χ2n) is 4.61. The first-order chi connectivity index (χ1) is 9.80. The van der Waals surface area contributed by atoms with Gasteiger partial charge in [-0.2, -0.15) is 0 Å². The van der Waals surface area contributed by atoms with Gasteiger partial charge in [0.1, 0.15) is 0 Å². The molecule has 21 heavy (non-hydrogen) atoms. The molecule has 124 valence electrons. The van der Waals surface area contributed by atoms with Crippen molar-refractivity contribution in [1.82, 2.24) is 4.98 Å². The average molecular weight is 401 g/mol. The van der Waals surface area contributed by atoms with E-state index in [0.29, 0.717) is 19.4 Å². The molecule has 0 atom stereocenters. The average Bonchev–Trinajstić information content (AvgIpc) is 2.84. The van der Waals surface area contributed by atoms with Gasteiger partial charge in [-0.05, 0) is 43.6 Å². The molecule has 0 unspecified atom stereocenters. The maximum absolute atomic E-state index is 11.0. The number of carbonyl (C=O) groups excluding carboxylic acids is 1. The number of halogens is 1. The Morgan fingerprint density at radius 2 is 2.05 bits per heavy atom. The number of hydrogen-bond donors (Lipinski definition) is 2. The van der Waals surface area contributed by atoms with Crippen LogP contribution < -0.4 is 5.14 Å². The number of hydrogen-bond acceptors (Lipinski definition) is 7. The van der Waals surface area contributed by atoms with Crippen molar-refractivity contribution in [2.24, 2.45) is 5.14 Å². The fraction of sp³-hybridized carbons (Fsp3) is 0.692. The quantitative estimate of drug-likeness (QED) is 0.594. The van der Waals surface area contributed by atoms with E-state index < -0.39 is 0 Å². The topological polar surface area (TPSA) is 85.4 Å². The number of rotatable bonds is 4. The van der Waals surface area contributed by atoms with Crippen molar-refractivity contribution in [2.45, 2.75) is 45.3 Å². The van der Waals surface area contributed by atoms with Crippen molar-refractivity contribution in [1.29, 1.82) is 0 Å². The van der Waals surface area contributed by atoms with Gasteiger partial charge in [-0.15, -0.1) is 11.3 Å². The summed E-state index contributed by atoms with van der Waals surface area (Å²) in [6.07, 6.45) is 1.04. The molecule has 0 bridgehead atoms. The van der Waals surface area contributed by atoms with Crippen LogP contribution in [-0.2, 0) is 16.0 Å². The first-order valence-electron chi connectivity index (χ1n) is 6.36. The van der Waals surface area contributed by atoms with E-state index in [1.807, 2.05) is 0 Å². The minimum Gasteiger partial charge on any atom is -0.466 e. The summed E-state index contributed by atoms with van der Waals surface area (Å²) in [6.45, 7) is 8.49. The van der Waals surface area contributed by atoms with Crippen LogP contribution >= 0.6 is 39.2 Å². The first kappa shape index (κ1) is 23.1. The number of aliphatic hydroxyl groups is 1. The van der Waals surface area contributed by atoms with Crippen LogP contribution in [0.25, 0.3) is 0 Å². The van der Waals surface area contributed by atoms with Gasteiger partial charge in [0.2, 0.25) is 0 Å². The summed E-state index contributed by atoms with van der Waals surface area (Å²) in [7, 11) is 1.00. The second-order valence-corrected chi connectivity index (χ2v) is 8.24. The zero-order valence-corrected chi connectivity index (χ0v) is 16.4. The zero-order valence-electron chi connectivity index (χ0n) is 13.2. The van der Waals surface area contributed by atoms with Crippen LogP contribution in [0.2, 0.25) is 0 Å². The first-order valence-corrected chi connectivity index (χ1v) is 8.91. The van der Waals surface area contributed by atoms with E-state index in [-0.39, 0.29) is 10.7 Å². The van der Waals surface area contributed by atoms with Gasteiger partial charge < -0.3 is 9.84 Å². The summed E-state index contributed by atoms with van der Waals surface area (Å²) in [5, 5.41) is 12.2. The summed E-state index contributed by atoms with van der Waals surface area (Å²) in [5.74, 6) is -0.164. The maximum atomic E-state index is 11.0. The highest BCUT2D eigenvalue weighted by Crippen LogP contribution is 2.21. The van der Waals surface area contributed by atoms with Gasteiger partial charge in [0, 0.05) is 18.3 Å². The van der Waals surface area contributed by atoms with Crippen molar-refractivity contribution in [3.8, 4) is 0 Å². The molecule has 0 aliphatic rings. The highest BCUT2D eigenvalue weighted by atomic mass is 79.9. The Kier molecular flexibility index (Phi) is 14.9. The molecule has 0 aliphatic carbocycles. The van der Waals surface area contributed by atoms with Gasteiger partial charge in [0.15, 0.2) is 0 Å². The van der Waals surface area contributed by atoms with Gasteiger partial charge in [-0.25, -0.2) is 4.98 Å². The molecule has 0 spiro atoms. The number of carbonyl (C=O) groups is 1. The van der Waals surface area contributed by atoms with Gasteiger partial charge in [-0.3, -0.25) is 9.93 Å². The lowest BCUT2D eigenvalue weighted by Crippen LogP contribution is -2.09. The Hall–Kier alpha value is -0.150. The molecule has 3 N–H and O–H groups in total. The standard InChI is InChI=1S/C8H10BrNO2S.C4H11NS.CH4O/c1-2-12-7(11)4-3-6-8(9)13-5-10-6;1-4(2,3)6-5;1-2/h5H,2-4H2,1H3;5H2,1-3H3;2H,1H3. The molecule has 0 amide bonds. The molecular weight excluding hydrogens is 376 g/mol. The Morgan fingerprint density at radius 1 is 1.52 bits per heavy atom. The van der Waals surface area contributed by atoms with Crippen molar-refractivity contribution < 1.29 is 14.6 Å². The molecule has 1 heterocycles. The SMILES string of the molecule is CC(C)(C)SN.CCOC(=O)CCc1ncsc1Br.CO. The summed E-state index contributed by atoms with van der Waals surface area (Å²) in [4.78, 5) is 15.1. The van der Waals surface area contributed by atoms with Gasteiger partial charge >= 0.3 is 5.97 Å². The minimum absolute atomic E-state index is 0.164. The normalized spacial score (nSPS) is 9.90. The lowest BCUT2D eigenvalue weighted by atomic mass is 10.2. The highest BCUT2D eigenvalue weighted by Gasteiger charge is 2.07. The molecule has 1 aromatic heterocycles. The highest BCUT2D eigenvalue weighted by molar-refractivity contribution is 9.11. The van der Waals surface area contributed by atoms with E-state index in [4.69, 9.17) is 15.0 Å². The van der Waals surface area contributed by atoms with Gasteiger partial charge in [-0.1, -0.05) is 11.9 Å². The zero-order chi connectivity index (χ0) is 16.9. The molecule has 0 aliphatic heterocycles. The number of ether oxygens (including phenoxy) is 1. The molecule has 0 saturated carbocycles. The van der Waals surface area contributed by atoms with Crippen molar-refractivity contribution in [2.75, 3.05) is 13.7 Å². The van der Waals surface area contributed by atoms with E-state index in [1.54, 1.807) is 12.4 Å².